The SMILES string of the molecule is O=C(NCCc1ccccc1)[C@@H]1C[C@@H](n2cnnn2)CN1Cc1ccccc1F. The molecular formula is C21H23FN6O. The number of carbonyl (C=O) groups excluding carboxylic acids is 1. The van der Waals surface area contributed by atoms with Gasteiger partial charge in [0.2, 0.25) is 5.91 Å². The molecule has 7 nitrogen and oxygen atoms in total. The molecule has 29 heavy (non-hydrogen) atoms. The van der Waals surface area contributed by atoms with Crippen LogP contribution in [0.1, 0.15) is 23.6 Å². The Morgan fingerprint density at radius 1 is 1.14 bits per heavy atom. The van der Waals surface area contributed by atoms with E-state index < -0.39 is 0 Å². The van der Waals surface area contributed by atoms with E-state index in [0.717, 1.165) is 6.42 Å². The Hall–Kier alpha value is -3.13. The second kappa shape index (κ2) is 8.91. The second-order valence-corrected chi connectivity index (χ2v) is 7.24. The normalized spacial score (nSPS) is 19.3. The molecule has 0 radical (unpaired) electrons. The molecule has 0 unspecified atom stereocenters. The van der Waals surface area contributed by atoms with E-state index in [2.05, 4.69) is 20.8 Å². The Morgan fingerprint density at radius 2 is 1.93 bits per heavy atom. The minimum absolute atomic E-state index is 0.0263. The number of rotatable bonds is 7. The average Bonchev–Trinajstić information content (AvgIpc) is 3.40. The molecular weight excluding hydrogens is 371 g/mol. The summed E-state index contributed by atoms with van der Waals surface area (Å²) in [6.45, 7) is 1.50. The Balaban J connectivity index is 1.43. The van der Waals surface area contributed by atoms with Crippen molar-refractivity contribution in [2.45, 2.75) is 31.5 Å². The van der Waals surface area contributed by atoms with Gasteiger partial charge < -0.3 is 5.32 Å². The van der Waals surface area contributed by atoms with Gasteiger partial charge >= 0.3 is 0 Å². The molecule has 8 heteroatoms. The highest BCUT2D eigenvalue weighted by atomic mass is 19.1. The van der Waals surface area contributed by atoms with Gasteiger partial charge in [0.25, 0.3) is 0 Å². The second-order valence-electron chi connectivity index (χ2n) is 7.24. The number of benzene rings is 2. The summed E-state index contributed by atoms with van der Waals surface area (Å²) in [6.07, 6.45) is 2.90. The predicted octanol–water partition coefficient (Wildman–Crippen LogP) is 1.99. The molecule has 0 saturated carbocycles. The van der Waals surface area contributed by atoms with Gasteiger partial charge in [0.15, 0.2) is 0 Å². The lowest BCUT2D eigenvalue weighted by Gasteiger charge is -2.23. The molecule has 0 bridgehead atoms. The minimum Gasteiger partial charge on any atom is -0.354 e. The minimum atomic E-state index is -0.362. The number of amides is 1. The predicted molar refractivity (Wildman–Crippen MR) is 105 cm³/mol. The Bertz CT molecular complexity index is 933. The van der Waals surface area contributed by atoms with E-state index >= 15 is 0 Å². The van der Waals surface area contributed by atoms with Crippen molar-refractivity contribution in [3.8, 4) is 0 Å². The summed E-state index contributed by atoms with van der Waals surface area (Å²) >= 11 is 0. The van der Waals surface area contributed by atoms with Crippen LogP contribution in [0.3, 0.4) is 0 Å². The number of aromatic nitrogens is 4. The highest BCUT2D eigenvalue weighted by molar-refractivity contribution is 5.82. The van der Waals surface area contributed by atoms with E-state index in [1.165, 1.54) is 11.6 Å². The zero-order valence-electron chi connectivity index (χ0n) is 16.0. The van der Waals surface area contributed by atoms with E-state index in [1.54, 1.807) is 23.1 Å². The van der Waals surface area contributed by atoms with Crippen LogP contribution in [0, 0.1) is 5.82 Å². The van der Waals surface area contributed by atoms with E-state index in [1.807, 2.05) is 41.3 Å². The number of likely N-dealkylation sites (tertiary alicyclic amines) is 1. The molecule has 2 aromatic carbocycles. The Morgan fingerprint density at radius 3 is 2.69 bits per heavy atom. The summed E-state index contributed by atoms with van der Waals surface area (Å²) in [7, 11) is 0. The lowest BCUT2D eigenvalue weighted by atomic mass is 10.1. The van der Waals surface area contributed by atoms with Gasteiger partial charge in [-0.25, -0.2) is 9.07 Å². The van der Waals surface area contributed by atoms with Gasteiger partial charge in [-0.05, 0) is 34.9 Å². The number of halogens is 1. The quantitative estimate of drug-likeness (QED) is 0.663. The molecule has 1 fully saturated rings. The van der Waals surface area contributed by atoms with Crippen molar-refractivity contribution in [1.82, 2.24) is 30.4 Å². The smallest absolute Gasteiger partial charge is 0.237 e. The highest BCUT2D eigenvalue weighted by Gasteiger charge is 2.38. The third-order valence-corrected chi connectivity index (χ3v) is 5.31. The fourth-order valence-corrected chi connectivity index (χ4v) is 3.79. The molecule has 2 atom stereocenters. The summed E-state index contributed by atoms with van der Waals surface area (Å²) in [5, 5.41) is 14.4. The molecule has 1 aliphatic rings. The van der Waals surface area contributed by atoms with Gasteiger partial charge in [-0.15, -0.1) is 5.10 Å². The first-order valence-corrected chi connectivity index (χ1v) is 9.72. The van der Waals surface area contributed by atoms with Crippen molar-refractivity contribution < 1.29 is 9.18 Å². The lowest BCUT2D eigenvalue weighted by Crippen LogP contribution is -2.43. The van der Waals surface area contributed by atoms with Crippen LogP contribution in [0.15, 0.2) is 60.9 Å². The summed E-state index contributed by atoms with van der Waals surface area (Å²) in [5.74, 6) is -0.311. The highest BCUT2D eigenvalue weighted by Crippen LogP contribution is 2.28. The first-order valence-electron chi connectivity index (χ1n) is 9.72. The van der Waals surface area contributed by atoms with Gasteiger partial charge in [-0.3, -0.25) is 9.69 Å². The fourth-order valence-electron chi connectivity index (χ4n) is 3.79. The van der Waals surface area contributed by atoms with Gasteiger partial charge in [0, 0.05) is 25.2 Å². The summed E-state index contributed by atoms with van der Waals surface area (Å²) in [4.78, 5) is 14.9. The molecule has 1 saturated heterocycles. The molecule has 2 heterocycles. The molecule has 0 aliphatic carbocycles. The van der Waals surface area contributed by atoms with Gasteiger partial charge in [0.05, 0.1) is 12.1 Å². The molecule has 150 valence electrons. The number of hydrogen-bond donors (Lipinski definition) is 1. The zero-order chi connectivity index (χ0) is 20.1. The van der Waals surface area contributed by atoms with Crippen molar-refractivity contribution in [3.63, 3.8) is 0 Å². The zero-order valence-corrected chi connectivity index (χ0v) is 16.0. The Labute approximate surface area is 168 Å². The Kier molecular flexibility index (Phi) is 5.90. The van der Waals surface area contributed by atoms with Crippen molar-refractivity contribution >= 4 is 5.91 Å². The van der Waals surface area contributed by atoms with E-state index in [0.29, 0.717) is 31.6 Å². The molecule has 1 amide bonds. The maximum atomic E-state index is 14.2. The maximum Gasteiger partial charge on any atom is 0.237 e. The number of nitrogens with zero attached hydrogens (tertiary/aromatic N) is 5. The standard InChI is InChI=1S/C21H23FN6O/c22-19-9-5-4-8-17(19)13-27-14-18(28-15-24-25-26-28)12-20(27)21(29)23-11-10-16-6-2-1-3-7-16/h1-9,15,18,20H,10-14H2,(H,23,29)/t18-,20+/m1/s1. The molecule has 1 N–H and O–H groups in total. The topological polar surface area (TPSA) is 75.9 Å². The molecule has 4 rings (SSSR count). The molecule has 3 aromatic rings. The third-order valence-electron chi connectivity index (χ3n) is 5.31. The van der Waals surface area contributed by atoms with E-state index in [-0.39, 0.29) is 23.8 Å². The summed E-state index contributed by atoms with van der Waals surface area (Å²) in [5.41, 5.74) is 1.75. The third kappa shape index (κ3) is 4.65. The summed E-state index contributed by atoms with van der Waals surface area (Å²) < 4.78 is 15.8. The fraction of sp³-hybridized carbons (Fsp3) is 0.333. The largest absolute Gasteiger partial charge is 0.354 e. The average molecular weight is 394 g/mol. The maximum absolute atomic E-state index is 14.2. The first kappa shape index (κ1) is 19.2. The van der Waals surface area contributed by atoms with E-state index in [9.17, 15) is 9.18 Å². The van der Waals surface area contributed by atoms with Gasteiger partial charge in [0.1, 0.15) is 12.1 Å². The molecule has 1 aliphatic heterocycles. The van der Waals surface area contributed by atoms with Crippen LogP contribution in [0.4, 0.5) is 4.39 Å². The lowest BCUT2D eigenvalue weighted by molar-refractivity contribution is -0.125. The summed E-state index contributed by atoms with van der Waals surface area (Å²) in [6, 6.07) is 16.3. The van der Waals surface area contributed by atoms with Crippen molar-refractivity contribution in [3.05, 3.63) is 77.9 Å². The van der Waals surface area contributed by atoms with Crippen molar-refractivity contribution in [2.24, 2.45) is 0 Å². The number of hydrogen-bond acceptors (Lipinski definition) is 5. The van der Waals surface area contributed by atoms with Crippen LogP contribution in [0.5, 0.6) is 0 Å². The molecule has 0 spiro atoms. The number of nitrogens with one attached hydrogen (secondary N) is 1. The van der Waals surface area contributed by atoms with Crippen LogP contribution in [0.2, 0.25) is 0 Å². The number of carbonyl (C=O) groups is 1. The first-order chi connectivity index (χ1) is 14.2. The number of tetrazole rings is 1. The van der Waals surface area contributed by atoms with E-state index in [4.69, 9.17) is 0 Å². The van der Waals surface area contributed by atoms with Gasteiger partial charge in [-0.2, -0.15) is 0 Å². The van der Waals surface area contributed by atoms with Gasteiger partial charge in [-0.1, -0.05) is 48.5 Å². The van der Waals surface area contributed by atoms with Crippen molar-refractivity contribution in [1.29, 1.82) is 0 Å². The van der Waals surface area contributed by atoms with Crippen LogP contribution in [-0.2, 0) is 17.8 Å². The molecule has 1 aromatic heterocycles. The van der Waals surface area contributed by atoms with Crippen LogP contribution in [0.25, 0.3) is 0 Å². The monoisotopic (exact) mass is 394 g/mol. The van der Waals surface area contributed by atoms with Crippen LogP contribution >= 0.6 is 0 Å². The van der Waals surface area contributed by atoms with Crippen LogP contribution < -0.4 is 5.32 Å². The van der Waals surface area contributed by atoms with Crippen LogP contribution in [-0.4, -0.2) is 50.1 Å². The van der Waals surface area contributed by atoms with Crippen molar-refractivity contribution in [2.75, 3.05) is 13.1 Å².